The Labute approximate surface area is 164 Å². The lowest BCUT2D eigenvalue weighted by Gasteiger charge is -2.47. The van der Waals surface area contributed by atoms with Gasteiger partial charge in [-0.3, -0.25) is 19.5 Å². The van der Waals surface area contributed by atoms with Crippen LogP contribution < -0.4 is 5.32 Å². The molecule has 0 radical (unpaired) electrons. The first-order chi connectivity index (χ1) is 13.5. The highest BCUT2D eigenvalue weighted by atomic mass is 16.3. The normalized spacial score (nSPS) is 25.1. The number of fused-ring (bicyclic) bond motifs is 1. The minimum absolute atomic E-state index is 0.0206. The maximum Gasteiger partial charge on any atom is 0.290 e. The topological polar surface area (TPSA) is 103 Å². The fourth-order valence-corrected chi connectivity index (χ4v) is 4.42. The van der Waals surface area contributed by atoms with Gasteiger partial charge in [0.05, 0.1) is 17.0 Å². The van der Waals surface area contributed by atoms with Crippen molar-refractivity contribution in [2.45, 2.75) is 38.8 Å². The first kappa shape index (κ1) is 20.2. The van der Waals surface area contributed by atoms with E-state index in [1.807, 2.05) is 12.3 Å². The lowest BCUT2D eigenvalue weighted by Crippen LogP contribution is -2.61. The van der Waals surface area contributed by atoms with E-state index in [0.717, 1.165) is 38.0 Å². The highest BCUT2D eigenvalue weighted by Gasteiger charge is 2.49. The molecule has 0 aliphatic carbocycles. The van der Waals surface area contributed by atoms with E-state index < -0.39 is 11.5 Å². The summed E-state index contributed by atoms with van der Waals surface area (Å²) < 4.78 is 0. The van der Waals surface area contributed by atoms with Crippen LogP contribution in [-0.4, -0.2) is 58.2 Å². The van der Waals surface area contributed by atoms with Crippen molar-refractivity contribution in [1.82, 2.24) is 15.2 Å². The van der Waals surface area contributed by atoms with E-state index in [1.54, 1.807) is 0 Å². The van der Waals surface area contributed by atoms with Gasteiger partial charge in [0.25, 0.3) is 6.47 Å². The van der Waals surface area contributed by atoms with Gasteiger partial charge in [-0.05, 0) is 49.4 Å². The van der Waals surface area contributed by atoms with Crippen molar-refractivity contribution in [2.24, 2.45) is 5.41 Å². The first-order valence-corrected chi connectivity index (χ1v) is 9.61. The second-order valence-electron chi connectivity index (χ2n) is 7.57. The molecule has 3 N–H and O–H groups in total. The van der Waals surface area contributed by atoms with Gasteiger partial charge < -0.3 is 15.5 Å². The SMILES string of the molecule is Cc1ccc2ncccc2c1CN1CC[C@H](O)[C@@]2(CCCNC2=O)C1.O=CO. The summed E-state index contributed by atoms with van der Waals surface area (Å²) in [5.41, 5.74) is 2.88. The summed E-state index contributed by atoms with van der Waals surface area (Å²) in [5.74, 6) is 0.0206. The number of hydrogen-bond donors (Lipinski definition) is 3. The van der Waals surface area contributed by atoms with Crippen molar-refractivity contribution in [3.63, 3.8) is 0 Å². The molecule has 150 valence electrons. The number of hydrogen-bond acceptors (Lipinski definition) is 5. The van der Waals surface area contributed by atoms with Gasteiger partial charge in [-0.2, -0.15) is 0 Å². The summed E-state index contributed by atoms with van der Waals surface area (Å²) in [4.78, 5) is 27.7. The molecule has 2 fully saturated rings. The van der Waals surface area contributed by atoms with Gasteiger partial charge in [-0.15, -0.1) is 0 Å². The largest absolute Gasteiger partial charge is 0.483 e. The molecule has 7 nitrogen and oxygen atoms in total. The number of piperidine rings is 2. The lowest BCUT2D eigenvalue weighted by atomic mass is 9.71. The van der Waals surface area contributed by atoms with Gasteiger partial charge in [-0.25, -0.2) is 0 Å². The number of aliphatic hydroxyl groups excluding tert-OH is 1. The molecule has 0 bridgehead atoms. The monoisotopic (exact) mass is 385 g/mol. The van der Waals surface area contributed by atoms with Crippen molar-refractivity contribution >= 4 is 23.3 Å². The number of aromatic nitrogens is 1. The Balaban J connectivity index is 0.000000706. The zero-order valence-electron chi connectivity index (χ0n) is 16.1. The molecule has 28 heavy (non-hydrogen) atoms. The number of likely N-dealkylation sites (tertiary alicyclic amines) is 1. The number of carboxylic acid groups (broad SMARTS) is 1. The Morgan fingerprint density at radius 3 is 2.93 bits per heavy atom. The Morgan fingerprint density at radius 1 is 1.39 bits per heavy atom. The molecule has 0 saturated carbocycles. The van der Waals surface area contributed by atoms with Crippen LogP contribution in [0.5, 0.6) is 0 Å². The highest BCUT2D eigenvalue weighted by Crippen LogP contribution is 2.38. The highest BCUT2D eigenvalue weighted by molar-refractivity contribution is 5.85. The quantitative estimate of drug-likeness (QED) is 0.680. The molecule has 2 atom stereocenters. The molecule has 0 unspecified atom stereocenters. The summed E-state index contributed by atoms with van der Waals surface area (Å²) >= 11 is 0. The van der Waals surface area contributed by atoms with E-state index in [4.69, 9.17) is 9.90 Å². The number of nitrogens with zero attached hydrogens (tertiary/aromatic N) is 2. The molecule has 2 saturated heterocycles. The van der Waals surface area contributed by atoms with E-state index in [0.29, 0.717) is 13.0 Å². The number of carbonyl (C=O) groups excluding carboxylic acids is 1. The molecular formula is C21H27N3O4. The Kier molecular flexibility index (Phi) is 6.26. The average Bonchev–Trinajstić information content (AvgIpc) is 2.70. The predicted molar refractivity (Wildman–Crippen MR) is 106 cm³/mol. The minimum atomic E-state index is -0.646. The summed E-state index contributed by atoms with van der Waals surface area (Å²) in [6.07, 6.45) is 3.63. The molecule has 1 spiro atoms. The number of pyridine rings is 1. The number of aryl methyl sites for hydroxylation is 1. The van der Waals surface area contributed by atoms with Gasteiger partial charge in [0.15, 0.2) is 0 Å². The zero-order valence-corrected chi connectivity index (χ0v) is 16.1. The van der Waals surface area contributed by atoms with Gasteiger partial charge >= 0.3 is 0 Å². The third kappa shape index (κ3) is 3.86. The molecule has 2 aromatic rings. The van der Waals surface area contributed by atoms with E-state index in [-0.39, 0.29) is 12.4 Å². The molecule has 1 aromatic carbocycles. The fraction of sp³-hybridized carbons (Fsp3) is 0.476. The smallest absolute Gasteiger partial charge is 0.290 e. The average molecular weight is 385 g/mol. The second kappa shape index (κ2) is 8.67. The maximum absolute atomic E-state index is 12.6. The fourth-order valence-electron chi connectivity index (χ4n) is 4.42. The van der Waals surface area contributed by atoms with Crippen LogP contribution in [-0.2, 0) is 16.1 Å². The van der Waals surface area contributed by atoms with Crippen molar-refractivity contribution in [1.29, 1.82) is 0 Å². The van der Waals surface area contributed by atoms with Crippen molar-refractivity contribution in [3.8, 4) is 0 Å². The molecule has 7 heteroatoms. The number of benzene rings is 1. The first-order valence-electron chi connectivity index (χ1n) is 9.61. The summed E-state index contributed by atoms with van der Waals surface area (Å²) in [6, 6.07) is 8.27. The van der Waals surface area contributed by atoms with Crippen LogP contribution in [0.1, 0.15) is 30.4 Å². The molecule has 1 amide bonds. The van der Waals surface area contributed by atoms with Crippen molar-refractivity contribution in [3.05, 3.63) is 41.6 Å². The van der Waals surface area contributed by atoms with Gasteiger partial charge in [0.2, 0.25) is 5.91 Å². The Hall–Kier alpha value is -2.51. The number of rotatable bonds is 2. The summed E-state index contributed by atoms with van der Waals surface area (Å²) in [7, 11) is 0. The van der Waals surface area contributed by atoms with Crippen LogP contribution in [0.4, 0.5) is 0 Å². The standard InChI is InChI=1S/C20H25N3O2.CH2O2/c1-14-5-6-17-15(4-2-9-21-17)16(14)12-23-11-7-18(24)20(13-23)8-3-10-22-19(20)25;2-1-3/h2,4-6,9,18,24H,3,7-8,10-13H2,1H3,(H,22,25);1H,(H,2,3)/t18-,20+;/m0./s1. The van der Waals surface area contributed by atoms with Crippen molar-refractivity contribution < 1.29 is 19.8 Å². The third-order valence-corrected chi connectivity index (χ3v) is 5.91. The van der Waals surface area contributed by atoms with Crippen molar-refractivity contribution in [2.75, 3.05) is 19.6 Å². The van der Waals surface area contributed by atoms with Gasteiger partial charge in [-0.1, -0.05) is 12.1 Å². The molecule has 3 heterocycles. The lowest BCUT2D eigenvalue weighted by molar-refractivity contribution is -0.149. The van der Waals surface area contributed by atoms with Gasteiger partial charge in [0, 0.05) is 37.8 Å². The third-order valence-electron chi connectivity index (χ3n) is 5.91. The van der Waals surface area contributed by atoms with E-state index in [2.05, 4.69) is 40.3 Å². The predicted octanol–water partition coefficient (Wildman–Crippen LogP) is 1.71. The number of nitrogens with one attached hydrogen (secondary N) is 1. The number of carbonyl (C=O) groups is 2. The van der Waals surface area contributed by atoms with E-state index >= 15 is 0 Å². The molecular weight excluding hydrogens is 358 g/mol. The van der Waals surface area contributed by atoms with Crippen LogP contribution >= 0.6 is 0 Å². The number of aliphatic hydroxyl groups is 1. The zero-order chi connectivity index (χ0) is 20.1. The summed E-state index contributed by atoms with van der Waals surface area (Å²) in [6.45, 7) is 4.82. The van der Waals surface area contributed by atoms with E-state index in [9.17, 15) is 9.90 Å². The molecule has 1 aromatic heterocycles. The second-order valence-corrected chi connectivity index (χ2v) is 7.57. The maximum atomic E-state index is 12.6. The molecule has 4 rings (SSSR count). The Bertz CT molecular complexity index is 857. The summed E-state index contributed by atoms with van der Waals surface area (Å²) in [5, 5.41) is 21.6. The number of amides is 1. The molecule has 2 aliphatic heterocycles. The van der Waals surface area contributed by atoms with E-state index in [1.165, 1.54) is 16.5 Å². The minimum Gasteiger partial charge on any atom is -0.483 e. The van der Waals surface area contributed by atoms with Crippen LogP contribution in [0, 0.1) is 12.3 Å². The van der Waals surface area contributed by atoms with Crippen LogP contribution in [0.3, 0.4) is 0 Å². The van der Waals surface area contributed by atoms with Crippen LogP contribution in [0.2, 0.25) is 0 Å². The molecule has 2 aliphatic rings. The van der Waals surface area contributed by atoms with Gasteiger partial charge in [0.1, 0.15) is 0 Å². The Morgan fingerprint density at radius 2 is 2.18 bits per heavy atom. The van der Waals surface area contributed by atoms with Crippen LogP contribution in [0.15, 0.2) is 30.5 Å². The van der Waals surface area contributed by atoms with Crippen LogP contribution in [0.25, 0.3) is 10.9 Å².